The maximum atomic E-state index is 4.21. The van der Waals surface area contributed by atoms with Crippen molar-refractivity contribution in [1.82, 2.24) is 30.1 Å². The Hall–Kier alpha value is -2.08. The molecule has 0 aliphatic carbocycles. The Morgan fingerprint density at radius 3 is 2.68 bits per heavy atom. The molecule has 0 spiro atoms. The van der Waals surface area contributed by atoms with E-state index in [2.05, 4.69) is 64.4 Å². The largest absolute Gasteiger partial charge is 0.291 e. The number of tetrazole rings is 1. The minimum absolute atomic E-state index is 0.0988. The van der Waals surface area contributed by atoms with Crippen LogP contribution in [0.2, 0.25) is 0 Å². The second kappa shape index (κ2) is 5.96. The van der Waals surface area contributed by atoms with Crippen LogP contribution >= 0.6 is 0 Å². The molecule has 0 radical (unpaired) electrons. The van der Waals surface area contributed by atoms with Crippen molar-refractivity contribution in [3.8, 4) is 0 Å². The number of hydrogen-bond acceptors (Lipinski definition) is 5. The van der Waals surface area contributed by atoms with Gasteiger partial charge < -0.3 is 0 Å². The Labute approximate surface area is 130 Å². The summed E-state index contributed by atoms with van der Waals surface area (Å²) in [5.41, 5.74) is 2.50. The van der Waals surface area contributed by atoms with Crippen LogP contribution in [0.5, 0.6) is 0 Å². The lowest BCUT2D eigenvalue weighted by Gasteiger charge is -2.28. The van der Waals surface area contributed by atoms with Crippen molar-refractivity contribution in [3.05, 3.63) is 42.0 Å². The Kier molecular flexibility index (Phi) is 4.02. The monoisotopic (exact) mass is 298 g/mol. The van der Waals surface area contributed by atoms with Crippen LogP contribution in [0.15, 0.2) is 30.6 Å². The minimum Gasteiger partial charge on any atom is -0.291 e. The molecule has 0 saturated heterocycles. The summed E-state index contributed by atoms with van der Waals surface area (Å²) < 4.78 is 1.91. The Balaban J connectivity index is 1.73. The van der Waals surface area contributed by atoms with Gasteiger partial charge in [-0.05, 0) is 60.9 Å². The lowest BCUT2D eigenvalue weighted by atomic mass is 10.0. The molecule has 0 atom stereocenters. The third-order valence-corrected chi connectivity index (χ3v) is 3.82. The van der Waals surface area contributed by atoms with Gasteiger partial charge in [0.25, 0.3) is 0 Å². The van der Waals surface area contributed by atoms with E-state index in [1.165, 1.54) is 11.1 Å². The van der Waals surface area contributed by atoms with E-state index in [-0.39, 0.29) is 5.54 Å². The van der Waals surface area contributed by atoms with Crippen molar-refractivity contribution in [2.45, 2.75) is 39.3 Å². The van der Waals surface area contributed by atoms with E-state index in [0.29, 0.717) is 0 Å². The van der Waals surface area contributed by atoms with Crippen LogP contribution < -0.4 is 0 Å². The molecule has 22 heavy (non-hydrogen) atoms. The second-order valence-corrected chi connectivity index (χ2v) is 6.64. The first kappa shape index (κ1) is 14.8. The molecule has 0 bridgehead atoms. The molecule has 1 aliphatic heterocycles. The van der Waals surface area contributed by atoms with Gasteiger partial charge in [-0.15, -0.1) is 5.10 Å². The van der Waals surface area contributed by atoms with Crippen molar-refractivity contribution in [2.75, 3.05) is 13.1 Å². The molecule has 2 aromatic heterocycles. The molecule has 3 rings (SSSR count). The van der Waals surface area contributed by atoms with Gasteiger partial charge in [-0.2, -0.15) is 0 Å². The van der Waals surface area contributed by atoms with Gasteiger partial charge in [-0.25, -0.2) is 4.68 Å². The van der Waals surface area contributed by atoms with Crippen LogP contribution in [0.25, 0.3) is 5.57 Å². The summed E-state index contributed by atoms with van der Waals surface area (Å²) in [4.78, 5) is 6.48. The molecule has 3 heterocycles. The zero-order valence-electron chi connectivity index (χ0n) is 13.4. The van der Waals surface area contributed by atoms with E-state index in [1.54, 1.807) is 0 Å². The zero-order chi connectivity index (χ0) is 15.6. The van der Waals surface area contributed by atoms with Crippen LogP contribution in [0, 0.1) is 0 Å². The summed E-state index contributed by atoms with van der Waals surface area (Å²) in [6.45, 7) is 9.07. The second-order valence-electron chi connectivity index (χ2n) is 6.64. The van der Waals surface area contributed by atoms with E-state index in [9.17, 15) is 0 Å². The molecule has 0 N–H and O–H groups in total. The van der Waals surface area contributed by atoms with Gasteiger partial charge in [0.15, 0.2) is 5.82 Å². The lowest BCUT2D eigenvalue weighted by molar-refractivity contribution is 0.261. The predicted molar refractivity (Wildman–Crippen MR) is 84.9 cm³/mol. The molecule has 0 unspecified atom stereocenters. The van der Waals surface area contributed by atoms with E-state index in [4.69, 9.17) is 0 Å². The standard InChI is InChI=1S/C16H22N6/c1-16(2,3)22-15(18-19-20-22)12-21-10-4-5-14(11-21)13-6-8-17-9-7-13/h5-9H,4,10-12H2,1-3H3. The highest BCUT2D eigenvalue weighted by Crippen LogP contribution is 2.22. The molecule has 6 nitrogen and oxygen atoms in total. The number of hydrogen-bond donors (Lipinski definition) is 0. The quantitative estimate of drug-likeness (QED) is 0.868. The van der Waals surface area contributed by atoms with Crippen LogP contribution in [-0.2, 0) is 12.1 Å². The van der Waals surface area contributed by atoms with E-state index < -0.39 is 0 Å². The highest BCUT2D eigenvalue weighted by molar-refractivity contribution is 5.67. The van der Waals surface area contributed by atoms with Crippen molar-refractivity contribution in [2.24, 2.45) is 0 Å². The van der Waals surface area contributed by atoms with Gasteiger partial charge in [0.05, 0.1) is 12.1 Å². The third-order valence-electron chi connectivity index (χ3n) is 3.82. The third kappa shape index (κ3) is 3.22. The Bertz CT molecular complexity index is 653. The maximum Gasteiger partial charge on any atom is 0.165 e. The summed E-state index contributed by atoms with van der Waals surface area (Å²) in [7, 11) is 0. The summed E-state index contributed by atoms with van der Waals surface area (Å²) >= 11 is 0. The molecule has 6 heteroatoms. The van der Waals surface area contributed by atoms with Crippen LogP contribution in [0.3, 0.4) is 0 Å². The molecule has 116 valence electrons. The van der Waals surface area contributed by atoms with Gasteiger partial charge in [0.1, 0.15) is 0 Å². The van der Waals surface area contributed by atoms with Gasteiger partial charge in [0.2, 0.25) is 0 Å². The number of aromatic nitrogens is 5. The average molecular weight is 298 g/mol. The minimum atomic E-state index is -0.0988. The van der Waals surface area contributed by atoms with Crippen LogP contribution in [0.4, 0.5) is 0 Å². The number of pyridine rings is 1. The van der Waals surface area contributed by atoms with E-state index >= 15 is 0 Å². The molecule has 2 aromatic rings. The van der Waals surface area contributed by atoms with Crippen molar-refractivity contribution >= 4 is 5.57 Å². The van der Waals surface area contributed by atoms with Crippen LogP contribution in [-0.4, -0.2) is 43.2 Å². The molecule has 0 aromatic carbocycles. The highest BCUT2D eigenvalue weighted by atomic mass is 15.6. The molecule has 1 aliphatic rings. The van der Waals surface area contributed by atoms with Gasteiger partial charge >= 0.3 is 0 Å². The predicted octanol–water partition coefficient (Wildman–Crippen LogP) is 2.11. The molecule has 0 fully saturated rings. The summed E-state index contributed by atoms with van der Waals surface area (Å²) in [6.07, 6.45) is 7.05. The fourth-order valence-corrected chi connectivity index (χ4v) is 2.74. The maximum absolute atomic E-state index is 4.21. The Morgan fingerprint density at radius 1 is 1.18 bits per heavy atom. The van der Waals surface area contributed by atoms with Gasteiger partial charge in [-0.3, -0.25) is 9.88 Å². The SMILES string of the molecule is CC(C)(C)n1nnnc1CN1CCC=C(c2ccncc2)C1. The van der Waals surface area contributed by atoms with E-state index in [1.807, 2.05) is 17.1 Å². The first-order chi connectivity index (χ1) is 10.5. The number of nitrogens with zero attached hydrogens (tertiary/aromatic N) is 6. The van der Waals surface area contributed by atoms with Gasteiger partial charge in [0, 0.05) is 25.5 Å². The summed E-state index contributed by atoms with van der Waals surface area (Å²) in [5.74, 6) is 0.920. The first-order valence-electron chi connectivity index (χ1n) is 7.63. The van der Waals surface area contributed by atoms with Crippen molar-refractivity contribution in [1.29, 1.82) is 0 Å². The number of rotatable bonds is 3. The molecule has 0 saturated carbocycles. The lowest BCUT2D eigenvalue weighted by Crippen LogP contribution is -2.33. The Morgan fingerprint density at radius 2 is 1.95 bits per heavy atom. The topological polar surface area (TPSA) is 59.7 Å². The van der Waals surface area contributed by atoms with Gasteiger partial charge in [-0.1, -0.05) is 6.08 Å². The zero-order valence-corrected chi connectivity index (χ0v) is 13.4. The van der Waals surface area contributed by atoms with Crippen molar-refractivity contribution in [3.63, 3.8) is 0 Å². The normalized spacial score (nSPS) is 16.6. The summed E-state index contributed by atoms with van der Waals surface area (Å²) in [5, 5.41) is 12.2. The van der Waals surface area contributed by atoms with Crippen LogP contribution in [0.1, 0.15) is 38.6 Å². The highest BCUT2D eigenvalue weighted by Gasteiger charge is 2.22. The smallest absolute Gasteiger partial charge is 0.165 e. The van der Waals surface area contributed by atoms with E-state index in [0.717, 1.165) is 31.9 Å². The molecular formula is C16H22N6. The fourth-order valence-electron chi connectivity index (χ4n) is 2.74. The van der Waals surface area contributed by atoms with Crippen molar-refractivity contribution < 1.29 is 0 Å². The molecule has 0 amide bonds. The summed E-state index contributed by atoms with van der Waals surface area (Å²) in [6, 6.07) is 4.13. The average Bonchev–Trinajstić information content (AvgIpc) is 2.97. The molecular weight excluding hydrogens is 276 g/mol. The first-order valence-corrected chi connectivity index (χ1v) is 7.63. The fraction of sp³-hybridized carbons (Fsp3) is 0.500.